The molecule has 0 aliphatic heterocycles. The van der Waals surface area contributed by atoms with Gasteiger partial charge in [-0.3, -0.25) is 4.79 Å². The normalized spacial score (nSPS) is 12.2. The average molecular weight is 273 g/mol. The molecule has 6 heteroatoms. The number of aromatic nitrogens is 3. The number of benzene rings is 1. The van der Waals surface area contributed by atoms with Gasteiger partial charge < -0.3 is 4.74 Å². The lowest BCUT2D eigenvalue weighted by Gasteiger charge is -1.99. The van der Waals surface area contributed by atoms with Gasteiger partial charge in [0.2, 0.25) is 4.96 Å². The number of aryl methyl sites for hydroxylation is 1. The van der Waals surface area contributed by atoms with Gasteiger partial charge >= 0.3 is 0 Å². The van der Waals surface area contributed by atoms with E-state index in [4.69, 9.17) is 4.74 Å². The molecule has 2 heterocycles. The van der Waals surface area contributed by atoms with E-state index in [1.54, 1.807) is 14.0 Å². The van der Waals surface area contributed by atoms with Crippen LogP contribution >= 0.6 is 11.3 Å². The molecule has 5 nitrogen and oxygen atoms in total. The summed E-state index contributed by atoms with van der Waals surface area (Å²) in [5.74, 6) is 1.37. The summed E-state index contributed by atoms with van der Waals surface area (Å²) in [5.41, 5.74) is 0.779. The fourth-order valence-electron chi connectivity index (χ4n) is 1.81. The largest absolute Gasteiger partial charge is 0.497 e. The van der Waals surface area contributed by atoms with Crippen molar-refractivity contribution < 1.29 is 4.74 Å². The average Bonchev–Trinajstić information content (AvgIpc) is 2.89. The standard InChI is InChI=1S/C13H11N3O2S/c1-8-14-13-16(15-8)12(17)11(19-13)7-9-4-3-5-10(6-9)18-2/h3-7H,1-2H3/b11-7-. The Morgan fingerprint density at radius 2 is 2.26 bits per heavy atom. The summed E-state index contributed by atoms with van der Waals surface area (Å²) in [5, 5.41) is 4.07. The lowest BCUT2D eigenvalue weighted by atomic mass is 10.2. The number of ether oxygens (including phenoxy) is 1. The Balaban J connectivity index is 2.17. The Kier molecular flexibility index (Phi) is 2.79. The van der Waals surface area contributed by atoms with Gasteiger partial charge in [0.15, 0.2) is 0 Å². The maximum absolute atomic E-state index is 12.1. The van der Waals surface area contributed by atoms with Crippen molar-refractivity contribution >= 4 is 22.4 Å². The van der Waals surface area contributed by atoms with Crippen LogP contribution in [0.4, 0.5) is 0 Å². The molecule has 0 bridgehead atoms. The minimum atomic E-state index is -0.136. The van der Waals surface area contributed by atoms with Crippen LogP contribution in [0.25, 0.3) is 11.0 Å². The predicted octanol–water partition coefficient (Wildman–Crippen LogP) is 1.02. The summed E-state index contributed by atoms with van der Waals surface area (Å²) in [6.45, 7) is 1.77. The van der Waals surface area contributed by atoms with E-state index in [0.717, 1.165) is 11.3 Å². The summed E-state index contributed by atoms with van der Waals surface area (Å²) < 4.78 is 7.11. The van der Waals surface area contributed by atoms with Crippen LogP contribution in [0.3, 0.4) is 0 Å². The van der Waals surface area contributed by atoms with Crippen LogP contribution in [-0.2, 0) is 0 Å². The van der Waals surface area contributed by atoms with Gasteiger partial charge in [0.05, 0.1) is 11.6 Å². The molecule has 0 spiro atoms. The van der Waals surface area contributed by atoms with Crippen molar-refractivity contribution in [1.29, 1.82) is 0 Å². The first kappa shape index (κ1) is 11.9. The van der Waals surface area contributed by atoms with Crippen molar-refractivity contribution in [1.82, 2.24) is 14.6 Å². The Labute approximate surface area is 112 Å². The van der Waals surface area contributed by atoms with Gasteiger partial charge in [-0.1, -0.05) is 23.5 Å². The van der Waals surface area contributed by atoms with Crippen molar-refractivity contribution in [3.05, 3.63) is 50.5 Å². The first-order chi connectivity index (χ1) is 9.17. The lowest BCUT2D eigenvalue weighted by Crippen LogP contribution is -2.23. The SMILES string of the molecule is COc1cccc(/C=c2\sc3nc(C)nn3c2=O)c1. The second kappa shape index (κ2) is 4.47. The van der Waals surface area contributed by atoms with Crippen molar-refractivity contribution in [3.8, 4) is 5.75 Å². The summed E-state index contributed by atoms with van der Waals surface area (Å²) >= 11 is 1.33. The molecule has 0 amide bonds. The van der Waals surface area contributed by atoms with Crippen molar-refractivity contribution in [3.63, 3.8) is 0 Å². The molecule has 3 rings (SSSR count). The lowest BCUT2D eigenvalue weighted by molar-refractivity contribution is 0.414. The van der Waals surface area contributed by atoms with Gasteiger partial charge in [-0.15, -0.1) is 5.10 Å². The zero-order valence-electron chi connectivity index (χ0n) is 10.5. The van der Waals surface area contributed by atoms with E-state index in [-0.39, 0.29) is 5.56 Å². The highest BCUT2D eigenvalue weighted by Gasteiger charge is 2.07. The molecule has 0 fully saturated rings. The third-order valence-electron chi connectivity index (χ3n) is 2.68. The molecule has 3 aromatic rings. The molecule has 0 unspecified atom stereocenters. The van der Waals surface area contributed by atoms with Gasteiger partial charge in [0, 0.05) is 0 Å². The van der Waals surface area contributed by atoms with Gasteiger partial charge in [-0.25, -0.2) is 4.98 Å². The second-order valence-electron chi connectivity index (χ2n) is 4.05. The Bertz CT molecular complexity index is 851. The molecule has 0 aliphatic carbocycles. The number of hydrogen-bond donors (Lipinski definition) is 0. The quantitative estimate of drug-likeness (QED) is 0.699. The minimum absolute atomic E-state index is 0.136. The molecule has 2 aromatic heterocycles. The molecule has 1 aromatic carbocycles. The first-order valence-corrected chi connectivity index (χ1v) is 6.51. The van der Waals surface area contributed by atoms with Crippen LogP contribution in [0.2, 0.25) is 0 Å². The Hall–Kier alpha value is -2.21. The van der Waals surface area contributed by atoms with E-state index >= 15 is 0 Å². The molecular formula is C13H11N3O2S. The smallest absolute Gasteiger partial charge is 0.291 e. The van der Waals surface area contributed by atoms with E-state index in [2.05, 4.69) is 10.1 Å². The van der Waals surface area contributed by atoms with E-state index in [0.29, 0.717) is 15.3 Å². The fourth-order valence-corrected chi connectivity index (χ4v) is 2.77. The van der Waals surface area contributed by atoms with Crippen LogP contribution in [0.5, 0.6) is 5.75 Å². The number of hydrogen-bond acceptors (Lipinski definition) is 5. The fraction of sp³-hybridized carbons (Fsp3) is 0.154. The van der Waals surface area contributed by atoms with Crippen LogP contribution in [-0.4, -0.2) is 21.7 Å². The third-order valence-corrected chi connectivity index (χ3v) is 3.64. The number of rotatable bonds is 2. The molecule has 0 atom stereocenters. The molecule has 0 radical (unpaired) electrons. The van der Waals surface area contributed by atoms with E-state index in [1.165, 1.54) is 15.9 Å². The zero-order valence-corrected chi connectivity index (χ0v) is 11.3. The van der Waals surface area contributed by atoms with Crippen LogP contribution in [0.1, 0.15) is 11.4 Å². The third kappa shape index (κ3) is 2.10. The van der Waals surface area contributed by atoms with Gasteiger partial charge in [0.1, 0.15) is 11.6 Å². The van der Waals surface area contributed by atoms with Gasteiger partial charge in [-0.05, 0) is 30.7 Å². The monoisotopic (exact) mass is 273 g/mol. The Morgan fingerprint density at radius 1 is 1.42 bits per heavy atom. The van der Waals surface area contributed by atoms with Gasteiger partial charge in [-0.2, -0.15) is 4.52 Å². The Morgan fingerprint density at radius 3 is 3.00 bits per heavy atom. The zero-order chi connectivity index (χ0) is 13.4. The number of thiazole rings is 1. The number of methoxy groups -OCH3 is 1. The number of nitrogens with zero attached hydrogens (tertiary/aromatic N) is 3. The van der Waals surface area contributed by atoms with E-state index in [9.17, 15) is 4.79 Å². The molecule has 19 heavy (non-hydrogen) atoms. The van der Waals surface area contributed by atoms with Gasteiger partial charge in [0.25, 0.3) is 5.56 Å². The summed E-state index contributed by atoms with van der Waals surface area (Å²) in [6, 6.07) is 7.54. The van der Waals surface area contributed by atoms with E-state index < -0.39 is 0 Å². The highest BCUT2D eigenvalue weighted by molar-refractivity contribution is 7.15. The first-order valence-electron chi connectivity index (χ1n) is 5.69. The minimum Gasteiger partial charge on any atom is -0.497 e. The summed E-state index contributed by atoms with van der Waals surface area (Å²) in [6.07, 6.45) is 1.82. The van der Waals surface area contributed by atoms with Crippen LogP contribution in [0.15, 0.2) is 29.1 Å². The van der Waals surface area contributed by atoms with Crippen molar-refractivity contribution in [2.24, 2.45) is 0 Å². The van der Waals surface area contributed by atoms with Crippen molar-refractivity contribution in [2.45, 2.75) is 6.92 Å². The molecule has 0 N–H and O–H groups in total. The van der Waals surface area contributed by atoms with Crippen molar-refractivity contribution in [2.75, 3.05) is 7.11 Å². The van der Waals surface area contributed by atoms with Crippen LogP contribution < -0.4 is 14.8 Å². The molecule has 0 aliphatic rings. The summed E-state index contributed by atoms with van der Waals surface area (Å²) in [4.78, 5) is 16.9. The summed E-state index contributed by atoms with van der Waals surface area (Å²) in [7, 11) is 1.62. The maximum Gasteiger partial charge on any atom is 0.291 e. The molecule has 0 saturated carbocycles. The second-order valence-corrected chi connectivity index (χ2v) is 5.05. The highest BCUT2D eigenvalue weighted by Crippen LogP contribution is 2.13. The molecular weight excluding hydrogens is 262 g/mol. The molecule has 96 valence electrons. The van der Waals surface area contributed by atoms with Crippen LogP contribution in [0, 0.1) is 6.92 Å². The highest BCUT2D eigenvalue weighted by atomic mass is 32.1. The predicted molar refractivity (Wildman–Crippen MR) is 73.7 cm³/mol. The topological polar surface area (TPSA) is 56.5 Å². The van der Waals surface area contributed by atoms with E-state index in [1.807, 2.05) is 30.3 Å². The number of fused-ring (bicyclic) bond motifs is 1. The maximum atomic E-state index is 12.1. The molecule has 0 saturated heterocycles.